The summed E-state index contributed by atoms with van der Waals surface area (Å²) < 4.78 is 18.7. The third-order valence-electron chi connectivity index (χ3n) is 4.52. The van der Waals surface area contributed by atoms with Crippen LogP contribution in [0.25, 0.3) is 0 Å². The van der Waals surface area contributed by atoms with E-state index in [9.17, 15) is 9.18 Å². The van der Waals surface area contributed by atoms with Gasteiger partial charge in [0.1, 0.15) is 0 Å². The molecule has 0 radical (unpaired) electrons. The van der Waals surface area contributed by atoms with Crippen molar-refractivity contribution in [2.45, 2.75) is 18.9 Å². The number of fused-ring (bicyclic) bond motifs is 1. The molecule has 1 atom stereocenters. The van der Waals surface area contributed by atoms with Crippen LogP contribution in [0, 0.1) is 5.82 Å². The minimum atomic E-state index is -0.399. The number of ether oxygens (including phenoxy) is 1. The molecule has 2 aromatic carbocycles. The Kier molecular flexibility index (Phi) is 5.90. The molecule has 1 aliphatic heterocycles. The fourth-order valence-electron chi connectivity index (χ4n) is 3.13. The van der Waals surface area contributed by atoms with E-state index >= 15 is 0 Å². The lowest BCUT2D eigenvalue weighted by Gasteiger charge is -2.26. The number of nitrogens with zero attached hydrogens (tertiary/aromatic N) is 1. The van der Waals surface area contributed by atoms with Crippen LogP contribution in [0.15, 0.2) is 47.5 Å². The van der Waals surface area contributed by atoms with Crippen molar-refractivity contribution in [2.24, 2.45) is 4.99 Å². The van der Waals surface area contributed by atoms with Crippen LogP contribution in [0.1, 0.15) is 23.5 Å². The molecule has 1 aliphatic rings. The van der Waals surface area contributed by atoms with Crippen LogP contribution in [-0.2, 0) is 11.3 Å². The molecule has 2 aromatic rings. The number of carbonyl (C=O) groups is 1. The predicted molar refractivity (Wildman–Crippen MR) is 104 cm³/mol. The molecule has 3 N–H and O–H groups in total. The third kappa shape index (κ3) is 4.55. The summed E-state index contributed by atoms with van der Waals surface area (Å²) in [5.41, 5.74) is 2.74. The van der Waals surface area contributed by atoms with Gasteiger partial charge in [0.15, 0.2) is 17.5 Å². The van der Waals surface area contributed by atoms with Crippen molar-refractivity contribution < 1.29 is 13.9 Å². The number of hydrogen-bond donors (Lipinski definition) is 3. The zero-order chi connectivity index (χ0) is 19.2. The van der Waals surface area contributed by atoms with E-state index < -0.39 is 5.82 Å². The second-order valence-electron chi connectivity index (χ2n) is 6.31. The fraction of sp³-hybridized carbons (Fsp3) is 0.300. The molecule has 1 amide bonds. The Labute approximate surface area is 157 Å². The van der Waals surface area contributed by atoms with E-state index in [-0.39, 0.29) is 17.6 Å². The summed E-state index contributed by atoms with van der Waals surface area (Å²) in [4.78, 5) is 16.1. The van der Waals surface area contributed by atoms with E-state index in [0.717, 1.165) is 16.8 Å². The third-order valence-corrected chi connectivity index (χ3v) is 4.52. The molecule has 0 aromatic heterocycles. The number of benzene rings is 2. The minimum absolute atomic E-state index is 0.0113. The molecule has 3 rings (SSSR count). The Morgan fingerprint density at radius 3 is 2.85 bits per heavy atom. The maximum Gasteiger partial charge on any atom is 0.225 e. The number of guanidine groups is 1. The molecule has 1 heterocycles. The van der Waals surface area contributed by atoms with Crippen LogP contribution in [0.2, 0.25) is 0 Å². The summed E-state index contributed by atoms with van der Waals surface area (Å²) >= 11 is 0. The average molecular weight is 370 g/mol. The van der Waals surface area contributed by atoms with Crippen LogP contribution >= 0.6 is 0 Å². The van der Waals surface area contributed by atoms with Crippen LogP contribution in [0.5, 0.6) is 5.75 Å². The summed E-state index contributed by atoms with van der Waals surface area (Å²) in [7, 11) is 3.11. The molecule has 142 valence electrons. The molecule has 6 nitrogen and oxygen atoms in total. The Balaban J connectivity index is 1.58. The normalized spacial score (nSPS) is 16.3. The van der Waals surface area contributed by atoms with Gasteiger partial charge in [-0.1, -0.05) is 24.3 Å². The van der Waals surface area contributed by atoms with Crippen molar-refractivity contribution in [3.63, 3.8) is 0 Å². The first-order valence-corrected chi connectivity index (χ1v) is 8.76. The van der Waals surface area contributed by atoms with Gasteiger partial charge in [0.2, 0.25) is 5.91 Å². The Morgan fingerprint density at radius 2 is 2.11 bits per heavy atom. The van der Waals surface area contributed by atoms with Gasteiger partial charge in [-0.2, -0.15) is 0 Å². The Hall–Kier alpha value is -3.09. The molecule has 0 aliphatic carbocycles. The van der Waals surface area contributed by atoms with Crippen molar-refractivity contribution in [1.82, 2.24) is 10.6 Å². The van der Waals surface area contributed by atoms with Gasteiger partial charge < -0.3 is 20.7 Å². The highest BCUT2D eigenvalue weighted by Crippen LogP contribution is 2.31. The maximum absolute atomic E-state index is 13.8. The van der Waals surface area contributed by atoms with Crippen molar-refractivity contribution >= 4 is 17.6 Å². The zero-order valence-electron chi connectivity index (χ0n) is 15.4. The van der Waals surface area contributed by atoms with Gasteiger partial charge >= 0.3 is 0 Å². The number of methoxy groups -OCH3 is 1. The highest BCUT2D eigenvalue weighted by atomic mass is 19.1. The van der Waals surface area contributed by atoms with Gasteiger partial charge in [-0.3, -0.25) is 9.79 Å². The lowest BCUT2D eigenvalue weighted by Crippen LogP contribution is -2.40. The molecule has 0 saturated heterocycles. The number of rotatable bonds is 5. The number of aliphatic imine (C=N–C) groups is 1. The van der Waals surface area contributed by atoms with Crippen LogP contribution < -0.4 is 20.7 Å². The highest BCUT2D eigenvalue weighted by Gasteiger charge is 2.24. The van der Waals surface area contributed by atoms with Crippen LogP contribution in [0.4, 0.5) is 10.1 Å². The van der Waals surface area contributed by atoms with Gasteiger partial charge in [0.05, 0.1) is 7.11 Å². The summed E-state index contributed by atoms with van der Waals surface area (Å²) in [6.07, 6.45) is 0.421. The number of hydrogen-bond acceptors (Lipinski definition) is 3. The van der Waals surface area contributed by atoms with Crippen molar-refractivity contribution in [2.75, 3.05) is 26.0 Å². The lowest BCUT2D eigenvalue weighted by molar-refractivity contribution is -0.116. The Bertz CT molecular complexity index is 854. The number of anilines is 1. The van der Waals surface area contributed by atoms with E-state index in [1.54, 1.807) is 19.2 Å². The lowest BCUT2D eigenvalue weighted by atomic mass is 9.90. The van der Waals surface area contributed by atoms with Gasteiger partial charge in [-0.15, -0.1) is 0 Å². The summed E-state index contributed by atoms with van der Waals surface area (Å²) in [5, 5.41) is 9.30. The number of amides is 1. The summed E-state index contributed by atoms with van der Waals surface area (Å²) in [6, 6.07) is 12.6. The maximum atomic E-state index is 13.8. The smallest absolute Gasteiger partial charge is 0.225 e. The quantitative estimate of drug-likeness (QED) is 0.559. The average Bonchev–Trinajstić information content (AvgIpc) is 2.68. The molecule has 7 heteroatoms. The highest BCUT2D eigenvalue weighted by molar-refractivity contribution is 5.94. The van der Waals surface area contributed by atoms with E-state index in [1.165, 1.54) is 13.2 Å². The molecule has 0 bridgehead atoms. The van der Waals surface area contributed by atoms with Crippen LogP contribution in [-0.4, -0.2) is 32.6 Å². The monoisotopic (exact) mass is 370 g/mol. The van der Waals surface area contributed by atoms with E-state index in [2.05, 4.69) is 20.9 Å². The molecule has 1 unspecified atom stereocenters. The topological polar surface area (TPSA) is 74.8 Å². The van der Waals surface area contributed by atoms with Gasteiger partial charge in [-0.25, -0.2) is 4.39 Å². The van der Waals surface area contributed by atoms with Crippen molar-refractivity contribution in [3.05, 3.63) is 59.4 Å². The molecule has 27 heavy (non-hydrogen) atoms. The predicted octanol–water partition coefficient (Wildman–Crippen LogP) is 2.63. The van der Waals surface area contributed by atoms with E-state index in [1.807, 2.05) is 24.3 Å². The van der Waals surface area contributed by atoms with Crippen molar-refractivity contribution in [3.8, 4) is 5.75 Å². The zero-order valence-corrected chi connectivity index (χ0v) is 15.4. The SMILES string of the molecule is CN=C(NCc1ccc(OC)c(F)c1)NCC1CC(=O)Nc2ccccc21. The molecular formula is C20H23FN4O2. The molecule has 0 saturated carbocycles. The summed E-state index contributed by atoms with van der Waals surface area (Å²) in [6.45, 7) is 0.989. The number of carbonyl (C=O) groups excluding carboxylic acids is 1. The van der Waals surface area contributed by atoms with E-state index in [0.29, 0.717) is 25.5 Å². The largest absolute Gasteiger partial charge is 0.494 e. The number of nitrogens with one attached hydrogen (secondary N) is 3. The number of halogens is 1. The Morgan fingerprint density at radius 1 is 1.30 bits per heavy atom. The molecule has 0 fully saturated rings. The summed E-state index contributed by atoms with van der Waals surface area (Å²) in [5.74, 6) is 0.485. The first-order chi connectivity index (χ1) is 13.1. The first kappa shape index (κ1) is 18.7. The van der Waals surface area contributed by atoms with Gasteiger partial charge in [0.25, 0.3) is 0 Å². The minimum Gasteiger partial charge on any atom is -0.494 e. The first-order valence-electron chi connectivity index (χ1n) is 8.76. The standard InChI is InChI=1S/C20H23FN4O2/c1-22-20(23-11-13-7-8-18(27-2)16(21)9-13)24-12-14-10-19(26)25-17-6-4-3-5-15(14)17/h3-9,14H,10-12H2,1-2H3,(H,25,26)(H2,22,23,24). The van der Waals surface area contributed by atoms with Gasteiger partial charge in [0, 0.05) is 38.2 Å². The second-order valence-corrected chi connectivity index (χ2v) is 6.31. The second kappa shape index (κ2) is 8.53. The van der Waals surface area contributed by atoms with Crippen LogP contribution in [0.3, 0.4) is 0 Å². The fourth-order valence-corrected chi connectivity index (χ4v) is 3.13. The molecular weight excluding hydrogens is 347 g/mol. The van der Waals surface area contributed by atoms with Crippen molar-refractivity contribution in [1.29, 1.82) is 0 Å². The number of para-hydroxylation sites is 1. The molecule has 0 spiro atoms. The van der Waals surface area contributed by atoms with Gasteiger partial charge in [-0.05, 0) is 29.3 Å². The van der Waals surface area contributed by atoms with E-state index in [4.69, 9.17) is 4.74 Å².